The minimum Gasteiger partial charge on any atom is -0.402 e. The summed E-state index contributed by atoms with van der Waals surface area (Å²) in [5, 5.41) is 14.0. The smallest absolute Gasteiger partial charge is 0.402 e. The Kier molecular flexibility index (Phi) is 18.4. The van der Waals surface area contributed by atoms with Crippen molar-refractivity contribution < 1.29 is 46.2 Å². The van der Waals surface area contributed by atoms with Crippen LogP contribution in [0.5, 0.6) is 5.75 Å². The van der Waals surface area contributed by atoms with E-state index in [0.717, 1.165) is 25.3 Å². The molecule has 0 amide bonds. The molecule has 0 radical (unpaired) electrons. The number of hydrogen-bond donors (Lipinski definition) is 1. The zero-order valence-electron chi connectivity index (χ0n) is 37.6. The van der Waals surface area contributed by atoms with E-state index in [1.807, 2.05) is 12.1 Å². The lowest BCUT2D eigenvalue weighted by Crippen LogP contribution is -2.44. The monoisotopic (exact) mass is 927 g/mol. The van der Waals surface area contributed by atoms with Gasteiger partial charge in [-0.3, -0.25) is 9.05 Å². The van der Waals surface area contributed by atoms with Gasteiger partial charge < -0.3 is 33.9 Å². The summed E-state index contributed by atoms with van der Waals surface area (Å²) in [5.41, 5.74) is 6.73. The van der Waals surface area contributed by atoms with E-state index in [9.17, 15) is 14.2 Å². The molecule has 2 aromatic heterocycles. The summed E-state index contributed by atoms with van der Waals surface area (Å²) >= 11 is 6.48. The van der Waals surface area contributed by atoms with Gasteiger partial charge in [-0.1, -0.05) is 108 Å². The highest BCUT2D eigenvalue weighted by molar-refractivity contribution is 7.49. The third-order valence-electron chi connectivity index (χ3n) is 11.5. The van der Waals surface area contributed by atoms with E-state index in [0.29, 0.717) is 29.2 Å². The number of nitriles is 1. The van der Waals surface area contributed by atoms with Gasteiger partial charge in [-0.05, 0) is 75.2 Å². The Labute approximate surface area is 381 Å². The maximum Gasteiger partial charge on any atom is 0.530 e. The molecule has 2 fully saturated rings. The molecule has 0 bridgehead atoms. The van der Waals surface area contributed by atoms with Crippen LogP contribution >= 0.6 is 19.4 Å². The molecule has 2 aliphatic rings. The van der Waals surface area contributed by atoms with Gasteiger partial charge in [0, 0.05) is 6.61 Å². The number of unbranched alkanes of at least 4 members (excludes halogenated alkanes) is 12. The number of hydrogen-bond acceptors (Lipinski definition) is 13. The van der Waals surface area contributed by atoms with E-state index < -0.39 is 49.4 Å². The van der Waals surface area contributed by atoms with Crippen molar-refractivity contribution in [2.75, 3.05) is 32.2 Å². The van der Waals surface area contributed by atoms with Gasteiger partial charge in [0.2, 0.25) is 0 Å². The van der Waals surface area contributed by atoms with Crippen molar-refractivity contribution >= 4 is 30.8 Å². The molecule has 14 nitrogen and oxygen atoms in total. The van der Waals surface area contributed by atoms with E-state index in [2.05, 4.69) is 17.0 Å². The number of phosphoric ester groups is 1. The first-order valence-corrected chi connectivity index (χ1v) is 24.5. The highest BCUT2D eigenvalue weighted by Crippen LogP contribution is 2.55. The maximum atomic E-state index is 14.8. The summed E-state index contributed by atoms with van der Waals surface area (Å²) in [7, 11) is -4.54. The minimum absolute atomic E-state index is 0.0661. The Hall–Kier alpha value is -3.68. The molecule has 4 aromatic rings. The Balaban J connectivity index is 1.10. The number of nitrogens with zero attached hydrogens (tertiary/aromatic N) is 4. The summed E-state index contributed by atoms with van der Waals surface area (Å²) in [6.45, 7) is 7.47. The third kappa shape index (κ3) is 13.9. The number of phosphoric acid groups is 1. The molecule has 6 rings (SSSR count). The molecule has 1 unspecified atom stereocenters. The van der Waals surface area contributed by atoms with E-state index in [4.69, 9.17) is 54.6 Å². The van der Waals surface area contributed by atoms with Gasteiger partial charge in [-0.2, -0.15) is 10.4 Å². The second kappa shape index (κ2) is 23.7. The molecule has 64 heavy (non-hydrogen) atoms. The molecule has 4 heterocycles. The number of rotatable bonds is 28. The van der Waals surface area contributed by atoms with E-state index >= 15 is 0 Å². The Bertz CT molecular complexity index is 2190. The summed E-state index contributed by atoms with van der Waals surface area (Å²) in [6.07, 6.45) is 14.6. The second-order valence-corrected chi connectivity index (χ2v) is 19.3. The number of anilines is 1. The number of fused-ring (bicyclic) bond motifs is 2. The predicted molar refractivity (Wildman–Crippen MR) is 241 cm³/mol. The molecule has 2 saturated heterocycles. The van der Waals surface area contributed by atoms with E-state index in [1.165, 1.54) is 76.6 Å². The van der Waals surface area contributed by atoms with Gasteiger partial charge in [0.1, 0.15) is 53.4 Å². The topological polar surface area (TPSA) is 171 Å². The van der Waals surface area contributed by atoms with Crippen LogP contribution in [0.3, 0.4) is 0 Å². The van der Waals surface area contributed by atoms with Crippen molar-refractivity contribution in [2.45, 2.75) is 154 Å². The second-order valence-electron chi connectivity index (χ2n) is 17.3. The van der Waals surface area contributed by atoms with Gasteiger partial charge in [-0.15, -0.1) is 0 Å². The summed E-state index contributed by atoms with van der Waals surface area (Å²) in [4.78, 5) is 4.10. The number of para-hydroxylation sites is 1. The summed E-state index contributed by atoms with van der Waals surface area (Å²) < 4.78 is 80.8. The zero-order valence-corrected chi connectivity index (χ0v) is 39.2. The van der Waals surface area contributed by atoms with Crippen molar-refractivity contribution in [3.05, 3.63) is 88.6 Å². The molecule has 0 aliphatic carbocycles. The quantitative estimate of drug-likeness (QED) is 0.0422. The molecule has 0 spiro atoms. The predicted octanol–water partition coefficient (Wildman–Crippen LogP) is 11.2. The molecular weight excluding hydrogens is 864 g/mol. The van der Waals surface area contributed by atoms with E-state index in [-0.39, 0.29) is 42.8 Å². The number of ether oxygens (including phenoxy) is 5. The Morgan fingerprint density at radius 3 is 2.33 bits per heavy atom. The normalized spacial score (nSPS) is 21.7. The fraction of sp³-hybridized carbons (Fsp3) is 0.596. The highest BCUT2D eigenvalue weighted by atomic mass is 35.5. The van der Waals surface area contributed by atoms with E-state index in [1.54, 1.807) is 61.7 Å². The standard InChI is InChI=1S/C47H64ClFN5O9P/c1-5-6-7-8-9-10-11-12-13-14-15-16-19-24-56-30-37(57-29-35-25-34(28-50)26-36(49)27-35)31-58-64(55,63-41-21-18-17-20-38(41)48)59-32-47(4)44-43(60-46(2,3)62-44)42(61-47)39-22-23-40-45(51)52-33-53-54(39)40/h17-18,20-23,25-27,33,37,42-44H,5-16,19,24,29-32H2,1-4H3,(H2,51,52,53)/t37-,42+,43+,44+,47-,64?/m1/s1. The minimum atomic E-state index is -4.54. The number of nitrogen functional groups attached to an aromatic ring is 1. The lowest BCUT2D eigenvalue weighted by Gasteiger charge is -2.32. The lowest BCUT2D eigenvalue weighted by atomic mass is 9.97. The van der Waals surface area contributed by atoms with Crippen molar-refractivity contribution in [1.82, 2.24) is 14.6 Å². The Morgan fingerprint density at radius 1 is 0.922 bits per heavy atom. The average molecular weight is 928 g/mol. The molecule has 350 valence electrons. The first-order valence-electron chi connectivity index (χ1n) is 22.7. The molecular formula is C47H64ClFN5O9P. The van der Waals surface area contributed by atoms with Crippen molar-refractivity contribution in [1.29, 1.82) is 5.26 Å². The Morgan fingerprint density at radius 2 is 1.62 bits per heavy atom. The van der Waals surface area contributed by atoms with Gasteiger partial charge >= 0.3 is 7.82 Å². The number of aromatic nitrogens is 3. The van der Waals surface area contributed by atoms with Gasteiger partial charge in [0.25, 0.3) is 0 Å². The van der Waals surface area contributed by atoms with Crippen molar-refractivity contribution in [3.63, 3.8) is 0 Å². The SMILES string of the molecule is CCCCCCCCCCCCCCCOC[C@H](COP(=O)(OC[C@@]1(C)O[C@@H](c2ccc3c(N)ncnn23)[C@@H]2OC(C)(C)O[C@@H]21)Oc1ccccc1Cl)OCc1cc(F)cc(C#N)c1. The molecule has 2 aliphatic heterocycles. The number of halogens is 2. The van der Waals surface area contributed by atoms with Crippen LogP contribution in [0.2, 0.25) is 5.02 Å². The van der Waals surface area contributed by atoms with Crippen LogP contribution in [-0.2, 0) is 43.9 Å². The molecule has 0 saturated carbocycles. The van der Waals surface area contributed by atoms with Crippen LogP contribution in [0.4, 0.5) is 10.2 Å². The van der Waals surface area contributed by atoms with Gasteiger partial charge in [0.15, 0.2) is 11.6 Å². The fourth-order valence-corrected chi connectivity index (χ4v) is 9.72. The average Bonchev–Trinajstić information content (AvgIpc) is 3.93. The fourth-order valence-electron chi connectivity index (χ4n) is 8.14. The van der Waals surface area contributed by atoms with Crippen LogP contribution in [0.15, 0.2) is 60.9 Å². The van der Waals surface area contributed by atoms with Crippen LogP contribution in [0.25, 0.3) is 5.52 Å². The molecule has 2 N–H and O–H groups in total. The van der Waals surface area contributed by atoms with Crippen molar-refractivity contribution in [2.24, 2.45) is 0 Å². The van der Waals surface area contributed by atoms with Crippen LogP contribution < -0.4 is 10.3 Å². The first kappa shape index (κ1) is 49.7. The first-order chi connectivity index (χ1) is 30.8. The molecule has 17 heteroatoms. The molecule has 6 atom stereocenters. The number of benzene rings is 2. The van der Waals surface area contributed by atoms with Crippen LogP contribution in [0, 0.1) is 17.1 Å². The molecule has 2 aromatic carbocycles. The summed E-state index contributed by atoms with van der Waals surface area (Å²) in [6, 6.07) is 16.1. The van der Waals surface area contributed by atoms with Crippen LogP contribution in [-0.4, -0.2) is 70.7 Å². The zero-order chi connectivity index (χ0) is 45.6. The highest BCUT2D eigenvalue weighted by Gasteiger charge is 2.62. The third-order valence-corrected chi connectivity index (χ3v) is 13.1. The van der Waals surface area contributed by atoms with Crippen LogP contribution in [0.1, 0.15) is 134 Å². The van der Waals surface area contributed by atoms with Gasteiger partial charge in [0.05, 0.1) is 48.8 Å². The largest absolute Gasteiger partial charge is 0.530 e. The lowest BCUT2D eigenvalue weighted by molar-refractivity contribution is -0.212. The maximum absolute atomic E-state index is 14.8. The van der Waals surface area contributed by atoms with Crippen molar-refractivity contribution in [3.8, 4) is 11.8 Å². The number of nitrogens with two attached hydrogens (primary N) is 1. The summed E-state index contributed by atoms with van der Waals surface area (Å²) in [5.74, 6) is -1.18. The van der Waals surface area contributed by atoms with Gasteiger partial charge in [-0.25, -0.2) is 18.5 Å².